The summed E-state index contributed by atoms with van der Waals surface area (Å²) in [4.78, 5) is 18.0. The fourth-order valence-corrected chi connectivity index (χ4v) is 4.14. The summed E-state index contributed by atoms with van der Waals surface area (Å²) in [5.74, 6) is 0.783. The van der Waals surface area contributed by atoms with Crippen molar-refractivity contribution in [2.45, 2.75) is 39.9 Å². The lowest BCUT2D eigenvalue weighted by Gasteiger charge is -2.27. The van der Waals surface area contributed by atoms with Crippen molar-refractivity contribution in [1.82, 2.24) is 15.2 Å². The van der Waals surface area contributed by atoms with Gasteiger partial charge in [0.15, 0.2) is 5.11 Å². The Balaban J connectivity index is 1.64. The molecule has 0 bridgehead atoms. The molecule has 0 saturated heterocycles. The highest BCUT2D eigenvalue weighted by molar-refractivity contribution is 7.80. The molecule has 1 atom stereocenters. The van der Waals surface area contributed by atoms with E-state index in [1.807, 2.05) is 54.3 Å². The Kier molecular flexibility index (Phi) is 6.42. The van der Waals surface area contributed by atoms with Crippen molar-refractivity contribution in [3.63, 3.8) is 0 Å². The van der Waals surface area contributed by atoms with Gasteiger partial charge < -0.3 is 19.6 Å². The summed E-state index contributed by atoms with van der Waals surface area (Å²) < 4.78 is 5.56. The standard InChI is InChI=1S/C26H27N3O2S/c1-17-11-12-18(2)24-23(17)14-21(25(30)28-24)15-29(16-22-10-7-13-31-22)26(32)27-19(3)20-8-5-4-6-9-20/h4-14,19H,15-16H2,1-3H3,(H,27,32)(H,28,30)/t19-/m1/s1. The summed E-state index contributed by atoms with van der Waals surface area (Å²) >= 11 is 5.77. The van der Waals surface area contributed by atoms with E-state index >= 15 is 0 Å². The van der Waals surface area contributed by atoms with Crippen LogP contribution in [0.3, 0.4) is 0 Å². The van der Waals surface area contributed by atoms with E-state index in [0.29, 0.717) is 23.8 Å². The molecule has 0 aliphatic heterocycles. The molecule has 0 aliphatic carbocycles. The van der Waals surface area contributed by atoms with Crippen LogP contribution in [0, 0.1) is 13.8 Å². The third-order valence-electron chi connectivity index (χ3n) is 5.74. The number of pyridine rings is 1. The van der Waals surface area contributed by atoms with Crippen LogP contribution in [-0.4, -0.2) is 15.0 Å². The minimum atomic E-state index is -0.102. The third kappa shape index (κ3) is 4.75. The fraction of sp³-hybridized carbons (Fsp3) is 0.231. The van der Waals surface area contributed by atoms with Gasteiger partial charge >= 0.3 is 0 Å². The van der Waals surface area contributed by atoms with Gasteiger partial charge in [0.25, 0.3) is 5.56 Å². The van der Waals surface area contributed by atoms with Gasteiger partial charge in [0.05, 0.1) is 30.9 Å². The van der Waals surface area contributed by atoms with Crippen LogP contribution in [0.15, 0.2) is 76.1 Å². The van der Waals surface area contributed by atoms with Gasteiger partial charge in [-0.15, -0.1) is 0 Å². The Hall–Kier alpha value is -3.38. The molecular formula is C26H27N3O2S. The van der Waals surface area contributed by atoms with Crippen molar-refractivity contribution in [2.24, 2.45) is 0 Å². The Labute approximate surface area is 193 Å². The lowest BCUT2D eigenvalue weighted by molar-refractivity contribution is 0.347. The van der Waals surface area contributed by atoms with E-state index in [4.69, 9.17) is 16.6 Å². The van der Waals surface area contributed by atoms with Crippen LogP contribution in [0.4, 0.5) is 0 Å². The summed E-state index contributed by atoms with van der Waals surface area (Å²) in [6, 6.07) is 20.0. The van der Waals surface area contributed by atoms with Gasteiger partial charge in [-0.3, -0.25) is 4.79 Å². The van der Waals surface area contributed by atoms with Crippen molar-refractivity contribution in [2.75, 3.05) is 0 Å². The van der Waals surface area contributed by atoms with Gasteiger partial charge in [-0.1, -0.05) is 42.5 Å². The highest BCUT2D eigenvalue weighted by Gasteiger charge is 2.18. The zero-order valence-electron chi connectivity index (χ0n) is 18.5. The molecule has 0 unspecified atom stereocenters. The highest BCUT2D eigenvalue weighted by Crippen LogP contribution is 2.21. The largest absolute Gasteiger partial charge is 0.467 e. The average Bonchev–Trinajstić information content (AvgIpc) is 3.30. The maximum Gasteiger partial charge on any atom is 0.253 e. The van der Waals surface area contributed by atoms with Gasteiger partial charge in [-0.2, -0.15) is 0 Å². The van der Waals surface area contributed by atoms with Crippen molar-refractivity contribution in [3.05, 3.63) is 105 Å². The molecule has 5 nitrogen and oxygen atoms in total. The number of furan rings is 1. The minimum absolute atomic E-state index is 0.0302. The summed E-state index contributed by atoms with van der Waals surface area (Å²) in [7, 11) is 0. The molecule has 0 radical (unpaired) electrons. The van der Waals surface area contributed by atoms with Crippen LogP contribution in [0.5, 0.6) is 0 Å². The van der Waals surface area contributed by atoms with Crippen LogP contribution in [0.1, 0.15) is 41.0 Å². The number of aromatic nitrogens is 1. The summed E-state index contributed by atoms with van der Waals surface area (Å²) in [5.41, 5.74) is 4.76. The number of H-pyrrole nitrogens is 1. The lowest BCUT2D eigenvalue weighted by Crippen LogP contribution is -2.41. The van der Waals surface area contributed by atoms with Gasteiger partial charge in [0.2, 0.25) is 0 Å². The van der Waals surface area contributed by atoms with Crippen molar-refractivity contribution >= 4 is 28.2 Å². The van der Waals surface area contributed by atoms with Crippen molar-refractivity contribution < 1.29 is 4.42 Å². The molecule has 0 spiro atoms. The molecule has 0 fully saturated rings. The minimum Gasteiger partial charge on any atom is -0.467 e. The van der Waals surface area contributed by atoms with Crippen LogP contribution >= 0.6 is 12.2 Å². The summed E-state index contributed by atoms with van der Waals surface area (Å²) in [6.07, 6.45) is 1.64. The number of nitrogens with zero attached hydrogens (tertiary/aromatic N) is 1. The molecule has 32 heavy (non-hydrogen) atoms. The molecule has 2 aromatic heterocycles. The van der Waals surface area contributed by atoms with E-state index < -0.39 is 0 Å². The monoisotopic (exact) mass is 445 g/mol. The molecule has 0 amide bonds. The highest BCUT2D eigenvalue weighted by atomic mass is 32.1. The molecule has 2 aromatic carbocycles. The van der Waals surface area contributed by atoms with Crippen molar-refractivity contribution in [3.8, 4) is 0 Å². The van der Waals surface area contributed by atoms with Crippen molar-refractivity contribution in [1.29, 1.82) is 0 Å². The predicted octanol–water partition coefficient (Wildman–Crippen LogP) is 5.38. The number of rotatable bonds is 6. The third-order valence-corrected chi connectivity index (χ3v) is 6.11. The quantitative estimate of drug-likeness (QED) is 0.391. The first kappa shape index (κ1) is 21.8. The van der Waals surface area contributed by atoms with E-state index in [2.05, 4.69) is 42.3 Å². The number of thiocarbonyl (C=S) groups is 1. The first-order chi connectivity index (χ1) is 15.4. The first-order valence-corrected chi connectivity index (χ1v) is 11.1. The Morgan fingerprint density at radius 3 is 2.53 bits per heavy atom. The predicted molar refractivity (Wildman–Crippen MR) is 133 cm³/mol. The zero-order chi connectivity index (χ0) is 22.7. The van der Waals surface area contributed by atoms with E-state index in [0.717, 1.165) is 33.4 Å². The van der Waals surface area contributed by atoms with E-state index in [-0.39, 0.29) is 11.6 Å². The Morgan fingerprint density at radius 1 is 1.06 bits per heavy atom. The number of hydrogen-bond acceptors (Lipinski definition) is 3. The summed E-state index contributed by atoms with van der Waals surface area (Å²) in [6.45, 7) is 6.96. The SMILES string of the molecule is Cc1ccc(C)c2[nH]c(=O)c(CN(Cc3ccco3)C(=S)N[C@H](C)c3ccccc3)cc12. The molecule has 4 rings (SSSR count). The molecule has 164 valence electrons. The van der Waals surface area contributed by atoms with E-state index in [9.17, 15) is 4.79 Å². The van der Waals surface area contributed by atoms with Crippen LogP contribution < -0.4 is 10.9 Å². The topological polar surface area (TPSA) is 61.3 Å². The smallest absolute Gasteiger partial charge is 0.253 e. The molecule has 6 heteroatoms. The Bertz CT molecular complexity index is 1280. The molecule has 2 heterocycles. The normalized spacial score (nSPS) is 12.0. The van der Waals surface area contributed by atoms with Crippen LogP contribution in [-0.2, 0) is 13.1 Å². The molecule has 0 aliphatic rings. The van der Waals surface area contributed by atoms with E-state index in [1.54, 1.807) is 6.26 Å². The van der Waals surface area contributed by atoms with Gasteiger partial charge in [-0.05, 0) is 67.9 Å². The second-order valence-corrected chi connectivity index (χ2v) is 8.52. The maximum absolute atomic E-state index is 12.9. The average molecular weight is 446 g/mol. The van der Waals surface area contributed by atoms with Gasteiger partial charge in [-0.25, -0.2) is 0 Å². The second-order valence-electron chi connectivity index (χ2n) is 8.13. The number of aromatic amines is 1. The lowest BCUT2D eigenvalue weighted by atomic mass is 10.0. The number of hydrogen-bond donors (Lipinski definition) is 2. The van der Waals surface area contributed by atoms with E-state index in [1.165, 1.54) is 0 Å². The number of fused-ring (bicyclic) bond motifs is 1. The van der Waals surface area contributed by atoms with Gasteiger partial charge in [0.1, 0.15) is 5.76 Å². The maximum atomic E-state index is 12.9. The van der Waals surface area contributed by atoms with Crippen LogP contribution in [0.2, 0.25) is 0 Å². The molecule has 2 N–H and O–H groups in total. The Morgan fingerprint density at radius 2 is 1.81 bits per heavy atom. The van der Waals surface area contributed by atoms with Crippen LogP contribution in [0.25, 0.3) is 10.9 Å². The molecule has 0 saturated carbocycles. The first-order valence-electron chi connectivity index (χ1n) is 10.7. The molecular weight excluding hydrogens is 418 g/mol. The van der Waals surface area contributed by atoms with Gasteiger partial charge in [0, 0.05) is 10.9 Å². The molecule has 4 aromatic rings. The second kappa shape index (κ2) is 9.40. The zero-order valence-corrected chi connectivity index (χ0v) is 19.3. The number of aryl methyl sites for hydroxylation is 2. The number of nitrogens with one attached hydrogen (secondary N) is 2. The summed E-state index contributed by atoms with van der Waals surface area (Å²) in [5, 5.41) is 5.03. The number of benzene rings is 2. The fourth-order valence-electron chi connectivity index (χ4n) is 3.83.